The standard InChI is InChI=1S/C9H12BFO/c1-6-7(11)4-5-8(10)9(6,2)12-3/h4-5,8H,1-3H3. The fourth-order valence-electron chi connectivity index (χ4n) is 1.27. The Labute approximate surface area is 73.7 Å². The van der Waals surface area contributed by atoms with E-state index in [0.717, 1.165) is 0 Å². The molecule has 0 heterocycles. The van der Waals surface area contributed by atoms with E-state index < -0.39 is 5.60 Å². The van der Waals surface area contributed by atoms with Crippen LogP contribution in [0.15, 0.2) is 23.6 Å². The molecule has 1 aliphatic rings. The van der Waals surface area contributed by atoms with Gasteiger partial charge in [-0.3, -0.25) is 0 Å². The van der Waals surface area contributed by atoms with Gasteiger partial charge in [-0.1, -0.05) is 6.08 Å². The summed E-state index contributed by atoms with van der Waals surface area (Å²) in [7, 11) is 7.30. The number of methoxy groups -OCH3 is 1. The molecule has 0 aliphatic heterocycles. The molecule has 12 heavy (non-hydrogen) atoms. The van der Waals surface area contributed by atoms with Crippen molar-refractivity contribution in [2.24, 2.45) is 0 Å². The highest BCUT2D eigenvalue weighted by Crippen LogP contribution is 2.38. The van der Waals surface area contributed by atoms with Crippen molar-refractivity contribution in [3.05, 3.63) is 23.6 Å². The maximum atomic E-state index is 13.1. The molecule has 0 aromatic heterocycles. The van der Waals surface area contributed by atoms with Crippen LogP contribution in [0.25, 0.3) is 0 Å². The lowest BCUT2D eigenvalue weighted by Gasteiger charge is -2.36. The molecule has 0 spiro atoms. The van der Waals surface area contributed by atoms with Crippen molar-refractivity contribution < 1.29 is 9.13 Å². The van der Waals surface area contributed by atoms with Crippen LogP contribution in [0.1, 0.15) is 13.8 Å². The van der Waals surface area contributed by atoms with Crippen molar-refractivity contribution in [1.29, 1.82) is 0 Å². The highest BCUT2D eigenvalue weighted by atomic mass is 19.1. The largest absolute Gasteiger partial charge is 0.374 e. The lowest BCUT2D eigenvalue weighted by molar-refractivity contribution is 0.0383. The third-order valence-corrected chi connectivity index (χ3v) is 2.61. The number of hydrogen-bond donors (Lipinski definition) is 0. The minimum absolute atomic E-state index is 0.249. The van der Waals surface area contributed by atoms with Gasteiger partial charge >= 0.3 is 0 Å². The molecule has 0 saturated carbocycles. The molecule has 64 valence electrons. The number of halogens is 1. The smallest absolute Gasteiger partial charge is 0.124 e. The highest BCUT2D eigenvalue weighted by Gasteiger charge is 2.35. The third kappa shape index (κ3) is 1.22. The summed E-state index contributed by atoms with van der Waals surface area (Å²) in [5.41, 5.74) is -0.140. The molecular formula is C9H12BFO. The summed E-state index contributed by atoms with van der Waals surface area (Å²) in [6.45, 7) is 3.48. The van der Waals surface area contributed by atoms with Crippen molar-refractivity contribution >= 4 is 7.85 Å². The Kier molecular flexibility index (Phi) is 2.42. The van der Waals surface area contributed by atoms with Crippen LogP contribution < -0.4 is 0 Å². The Morgan fingerprint density at radius 1 is 1.67 bits per heavy atom. The molecule has 3 heteroatoms. The van der Waals surface area contributed by atoms with Crippen molar-refractivity contribution in [3.8, 4) is 0 Å². The second kappa shape index (κ2) is 3.06. The number of allylic oxidation sites excluding steroid dienone is 2. The molecule has 1 rings (SSSR count). The first-order valence-corrected chi connectivity index (χ1v) is 3.88. The quantitative estimate of drug-likeness (QED) is 0.542. The zero-order valence-electron chi connectivity index (χ0n) is 7.60. The minimum Gasteiger partial charge on any atom is -0.374 e. The molecule has 0 amide bonds. The Balaban J connectivity index is 3.08. The first-order chi connectivity index (χ1) is 5.52. The highest BCUT2D eigenvalue weighted by molar-refractivity contribution is 6.14. The van der Waals surface area contributed by atoms with E-state index in [1.807, 2.05) is 0 Å². The van der Waals surface area contributed by atoms with Gasteiger partial charge in [0.2, 0.25) is 0 Å². The molecule has 0 aromatic rings. The number of ether oxygens (including phenoxy) is 1. The summed E-state index contributed by atoms with van der Waals surface area (Å²) >= 11 is 0. The number of rotatable bonds is 1. The monoisotopic (exact) mass is 166 g/mol. The van der Waals surface area contributed by atoms with Crippen LogP contribution in [0, 0.1) is 0 Å². The van der Waals surface area contributed by atoms with E-state index in [1.165, 1.54) is 13.2 Å². The molecule has 0 N–H and O–H groups in total. The van der Waals surface area contributed by atoms with Crippen molar-refractivity contribution in [2.75, 3.05) is 7.11 Å². The van der Waals surface area contributed by atoms with Crippen LogP contribution in [0.4, 0.5) is 4.39 Å². The van der Waals surface area contributed by atoms with Crippen LogP contribution in [0.2, 0.25) is 5.82 Å². The topological polar surface area (TPSA) is 9.23 Å². The Morgan fingerprint density at radius 2 is 2.25 bits per heavy atom. The molecule has 1 aliphatic carbocycles. The van der Waals surface area contributed by atoms with E-state index in [2.05, 4.69) is 0 Å². The molecule has 0 fully saturated rings. The van der Waals surface area contributed by atoms with Gasteiger partial charge in [-0.2, -0.15) is 0 Å². The van der Waals surface area contributed by atoms with E-state index in [0.29, 0.717) is 5.57 Å². The van der Waals surface area contributed by atoms with Crippen molar-refractivity contribution in [3.63, 3.8) is 0 Å². The van der Waals surface area contributed by atoms with Crippen LogP contribution in [0.3, 0.4) is 0 Å². The summed E-state index contributed by atoms with van der Waals surface area (Å²) in [6.07, 6.45) is 3.01. The molecule has 1 nitrogen and oxygen atoms in total. The van der Waals surface area contributed by atoms with Gasteiger partial charge in [0.05, 0.1) is 13.4 Å². The van der Waals surface area contributed by atoms with Gasteiger partial charge in [0.25, 0.3) is 0 Å². The van der Waals surface area contributed by atoms with E-state index in [9.17, 15) is 4.39 Å². The summed E-state index contributed by atoms with van der Waals surface area (Å²) in [5, 5.41) is 0. The number of hydrogen-bond acceptors (Lipinski definition) is 1. The van der Waals surface area contributed by atoms with E-state index >= 15 is 0 Å². The molecule has 0 bridgehead atoms. The van der Waals surface area contributed by atoms with Crippen LogP contribution in [-0.2, 0) is 4.74 Å². The molecular weight excluding hydrogens is 154 g/mol. The maximum Gasteiger partial charge on any atom is 0.124 e. The van der Waals surface area contributed by atoms with Gasteiger partial charge in [-0.15, -0.1) is 0 Å². The van der Waals surface area contributed by atoms with Gasteiger partial charge in [0.1, 0.15) is 5.83 Å². The second-order valence-corrected chi connectivity index (χ2v) is 3.17. The third-order valence-electron chi connectivity index (χ3n) is 2.61. The van der Waals surface area contributed by atoms with Crippen LogP contribution in [-0.4, -0.2) is 20.6 Å². The van der Waals surface area contributed by atoms with E-state index in [1.54, 1.807) is 19.9 Å². The second-order valence-electron chi connectivity index (χ2n) is 3.17. The molecule has 2 unspecified atom stereocenters. The normalized spacial score (nSPS) is 35.8. The van der Waals surface area contributed by atoms with Gasteiger partial charge in [-0.05, 0) is 31.3 Å². The van der Waals surface area contributed by atoms with E-state index in [4.69, 9.17) is 12.6 Å². The van der Waals surface area contributed by atoms with E-state index in [-0.39, 0.29) is 11.6 Å². The fourth-order valence-corrected chi connectivity index (χ4v) is 1.27. The molecule has 0 saturated heterocycles. The predicted molar refractivity (Wildman–Crippen MR) is 47.9 cm³/mol. The molecule has 0 aromatic carbocycles. The zero-order chi connectivity index (χ0) is 9.35. The summed E-state index contributed by atoms with van der Waals surface area (Å²) in [4.78, 5) is 0. The Hall–Kier alpha value is -0.565. The van der Waals surface area contributed by atoms with Crippen LogP contribution in [0.5, 0.6) is 0 Å². The van der Waals surface area contributed by atoms with Gasteiger partial charge in [0, 0.05) is 7.11 Å². The predicted octanol–water partition coefficient (Wildman–Crippen LogP) is 2.16. The maximum absolute atomic E-state index is 13.1. The average Bonchev–Trinajstić information content (AvgIpc) is 2.08. The lowest BCUT2D eigenvalue weighted by atomic mass is 9.68. The average molecular weight is 166 g/mol. The fraction of sp³-hybridized carbons (Fsp3) is 0.556. The molecule has 2 atom stereocenters. The first kappa shape index (κ1) is 9.52. The van der Waals surface area contributed by atoms with Crippen molar-refractivity contribution in [1.82, 2.24) is 0 Å². The first-order valence-electron chi connectivity index (χ1n) is 3.88. The summed E-state index contributed by atoms with van der Waals surface area (Å²) < 4.78 is 18.3. The van der Waals surface area contributed by atoms with Crippen molar-refractivity contribution in [2.45, 2.75) is 25.3 Å². The summed E-state index contributed by atoms with van der Waals surface area (Å²) in [5.74, 6) is -0.525. The zero-order valence-corrected chi connectivity index (χ0v) is 7.60. The Morgan fingerprint density at radius 3 is 2.67 bits per heavy atom. The minimum atomic E-state index is -0.696. The van der Waals surface area contributed by atoms with Gasteiger partial charge < -0.3 is 4.74 Å². The molecule has 2 radical (unpaired) electrons. The van der Waals surface area contributed by atoms with Gasteiger partial charge in [-0.25, -0.2) is 4.39 Å². The lowest BCUT2D eigenvalue weighted by Crippen LogP contribution is -2.35. The van der Waals surface area contributed by atoms with Gasteiger partial charge in [0.15, 0.2) is 0 Å². The summed E-state index contributed by atoms with van der Waals surface area (Å²) in [6, 6.07) is 0. The SMILES string of the molecule is [B]C1C=CC(F)=C(C)C1(C)OC. The Bertz CT molecular complexity index is 247. The van der Waals surface area contributed by atoms with Crippen LogP contribution >= 0.6 is 0 Å².